The van der Waals surface area contributed by atoms with E-state index in [0.717, 1.165) is 11.1 Å². The molecule has 2 aromatic rings. The van der Waals surface area contributed by atoms with Crippen molar-refractivity contribution in [1.82, 2.24) is 15.3 Å². The molecule has 6 heteroatoms. The largest absolute Gasteiger partial charge is 0.481 e. The van der Waals surface area contributed by atoms with E-state index in [1.807, 2.05) is 18.2 Å². The number of aryl methyl sites for hydroxylation is 1. The molecule has 2 aromatic heterocycles. The van der Waals surface area contributed by atoms with Gasteiger partial charge in [-0.1, -0.05) is 12.1 Å². The predicted octanol–water partition coefficient (Wildman–Crippen LogP) is 2.05. The number of pyridine rings is 2. The molecular weight excluding hydrogens is 318 g/mol. The van der Waals surface area contributed by atoms with Gasteiger partial charge < -0.3 is 15.2 Å². The van der Waals surface area contributed by atoms with Crippen molar-refractivity contribution in [1.29, 1.82) is 0 Å². The molecule has 3 rings (SSSR count). The van der Waals surface area contributed by atoms with Crippen LogP contribution in [0.4, 0.5) is 0 Å². The summed E-state index contributed by atoms with van der Waals surface area (Å²) in [6.07, 6.45) is 7.40. The highest BCUT2D eigenvalue weighted by molar-refractivity contribution is 5.76. The van der Waals surface area contributed by atoms with Crippen molar-refractivity contribution in [3.8, 4) is 5.88 Å². The Bertz CT molecular complexity index is 685. The highest BCUT2D eigenvalue weighted by Crippen LogP contribution is 2.38. The summed E-state index contributed by atoms with van der Waals surface area (Å²) >= 11 is 0. The number of carbonyl (C=O) groups excluding carboxylic acids is 1. The molecule has 6 nitrogen and oxygen atoms in total. The van der Waals surface area contributed by atoms with Gasteiger partial charge in [0.15, 0.2) is 0 Å². The number of aliphatic hydroxyl groups excluding tert-OH is 1. The van der Waals surface area contributed by atoms with Gasteiger partial charge in [-0.05, 0) is 42.4 Å². The van der Waals surface area contributed by atoms with Crippen LogP contribution in [0, 0.1) is 5.92 Å². The molecule has 0 bridgehead atoms. The number of aliphatic hydroxyl groups is 1. The smallest absolute Gasteiger partial charge is 0.220 e. The first kappa shape index (κ1) is 17.4. The Balaban J connectivity index is 1.63. The van der Waals surface area contributed by atoms with Crippen molar-refractivity contribution < 1.29 is 14.6 Å². The van der Waals surface area contributed by atoms with Crippen LogP contribution in [0.15, 0.2) is 42.9 Å². The monoisotopic (exact) mass is 341 g/mol. The van der Waals surface area contributed by atoms with E-state index in [-0.39, 0.29) is 24.0 Å². The standard InChI is InChI=1S/C19H23N3O3/c1-25-18-7-5-14(12-21-18)19(15-9-16(23)10-15)22-17(24)6-4-13-3-2-8-20-11-13/h2-3,5,7-8,11-12,15-16,19,23H,4,6,9-10H2,1H3,(H,22,24). The summed E-state index contributed by atoms with van der Waals surface area (Å²) in [6, 6.07) is 7.41. The lowest BCUT2D eigenvalue weighted by Gasteiger charge is -2.38. The minimum absolute atomic E-state index is 0.00828. The van der Waals surface area contributed by atoms with Crippen molar-refractivity contribution in [3.05, 3.63) is 54.0 Å². The lowest BCUT2D eigenvalue weighted by Crippen LogP contribution is -2.41. The minimum atomic E-state index is -0.272. The summed E-state index contributed by atoms with van der Waals surface area (Å²) in [4.78, 5) is 20.7. The summed E-state index contributed by atoms with van der Waals surface area (Å²) in [5, 5.41) is 12.7. The van der Waals surface area contributed by atoms with Crippen LogP contribution in [0.5, 0.6) is 5.88 Å². The summed E-state index contributed by atoms with van der Waals surface area (Å²) in [6.45, 7) is 0. The third kappa shape index (κ3) is 4.54. The Morgan fingerprint density at radius 1 is 1.36 bits per heavy atom. The van der Waals surface area contributed by atoms with Crippen LogP contribution in [0.3, 0.4) is 0 Å². The fourth-order valence-corrected chi connectivity index (χ4v) is 3.12. The summed E-state index contributed by atoms with van der Waals surface area (Å²) in [5.74, 6) is 0.762. The van der Waals surface area contributed by atoms with Crippen LogP contribution in [-0.2, 0) is 11.2 Å². The molecule has 1 aliphatic carbocycles. The van der Waals surface area contributed by atoms with Crippen molar-refractivity contribution in [2.24, 2.45) is 5.92 Å². The summed E-state index contributed by atoms with van der Waals surface area (Å²) in [7, 11) is 1.57. The van der Waals surface area contributed by atoms with E-state index in [9.17, 15) is 9.90 Å². The molecule has 25 heavy (non-hydrogen) atoms. The molecule has 1 atom stereocenters. The lowest BCUT2D eigenvalue weighted by atomic mass is 9.75. The van der Waals surface area contributed by atoms with E-state index < -0.39 is 0 Å². The number of methoxy groups -OCH3 is 1. The number of aromatic nitrogens is 2. The lowest BCUT2D eigenvalue weighted by molar-refractivity contribution is -0.123. The molecule has 1 saturated carbocycles. The molecule has 0 saturated heterocycles. The van der Waals surface area contributed by atoms with Crippen LogP contribution in [-0.4, -0.2) is 34.2 Å². The third-order valence-electron chi connectivity index (χ3n) is 4.63. The molecule has 1 unspecified atom stereocenters. The van der Waals surface area contributed by atoms with Crippen molar-refractivity contribution >= 4 is 5.91 Å². The number of ether oxygens (including phenoxy) is 1. The number of nitrogens with one attached hydrogen (secondary N) is 1. The van der Waals surface area contributed by atoms with Crippen LogP contribution in [0.2, 0.25) is 0 Å². The van der Waals surface area contributed by atoms with E-state index >= 15 is 0 Å². The van der Waals surface area contributed by atoms with Gasteiger partial charge in [-0.2, -0.15) is 0 Å². The number of carbonyl (C=O) groups is 1. The quantitative estimate of drug-likeness (QED) is 0.805. The van der Waals surface area contributed by atoms with E-state index in [2.05, 4.69) is 15.3 Å². The highest BCUT2D eigenvalue weighted by Gasteiger charge is 2.35. The maximum Gasteiger partial charge on any atom is 0.220 e. The van der Waals surface area contributed by atoms with Crippen molar-refractivity contribution in [3.63, 3.8) is 0 Å². The first-order valence-corrected chi connectivity index (χ1v) is 8.52. The van der Waals surface area contributed by atoms with Crippen molar-refractivity contribution in [2.45, 2.75) is 37.8 Å². The van der Waals surface area contributed by atoms with E-state index in [4.69, 9.17) is 4.74 Å². The van der Waals surface area contributed by atoms with Crippen molar-refractivity contribution in [2.75, 3.05) is 7.11 Å². The average molecular weight is 341 g/mol. The van der Waals surface area contributed by atoms with Gasteiger partial charge in [0.05, 0.1) is 19.3 Å². The van der Waals surface area contributed by atoms with E-state index in [1.165, 1.54) is 0 Å². The van der Waals surface area contributed by atoms with Gasteiger partial charge in [-0.15, -0.1) is 0 Å². The van der Waals surface area contributed by atoms with Gasteiger partial charge in [0, 0.05) is 31.1 Å². The molecule has 1 fully saturated rings. The molecule has 132 valence electrons. The Kier molecular flexibility index (Phi) is 5.60. The fraction of sp³-hybridized carbons (Fsp3) is 0.421. The summed E-state index contributed by atoms with van der Waals surface area (Å²) in [5.41, 5.74) is 1.98. The molecule has 2 heterocycles. The Morgan fingerprint density at radius 3 is 2.80 bits per heavy atom. The second-order valence-corrected chi connectivity index (χ2v) is 6.43. The van der Waals surface area contributed by atoms with E-state index in [1.54, 1.807) is 31.8 Å². The molecule has 0 radical (unpaired) electrons. The topological polar surface area (TPSA) is 84.3 Å². The molecule has 2 N–H and O–H groups in total. The van der Waals surface area contributed by atoms with Gasteiger partial charge in [0.25, 0.3) is 0 Å². The Labute approximate surface area is 147 Å². The van der Waals surface area contributed by atoms with Crippen LogP contribution >= 0.6 is 0 Å². The van der Waals surface area contributed by atoms with Gasteiger partial charge in [-0.25, -0.2) is 4.98 Å². The first-order valence-electron chi connectivity index (χ1n) is 8.52. The molecule has 1 amide bonds. The third-order valence-corrected chi connectivity index (χ3v) is 4.63. The van der Waals surface area contributed by atoms with Crippen LogP contribution in [0.25, 0.3) is 0 Å². The van der Waals surface area contributed by atoms with Gasteiger partial charge in [0.2, 0.25) is 11.8 Å². The number of hydrogen-bond acceptors (Lipinski definition) is 5. The van der Waals surface area contributed by atoms with E-state index in [0.29, 0.717) is 31.6 Å². The zero-order valence-corrected chi connectivity index (χ0v) is 14.3. The van der Waals surface area contributed by atoms with Crippen LogP contribution < -0.4 is 10.1 Å². The maximum atomic E-state index is 12.4. The average Bonchev–Trinajstić information content (AvgIpc) is 2.63. The molecule has 0 aromatic carbocycles. The SMILES string of the molecule is COc1ccc(C(NC(=O)CCc2cccnc2)C2CC(O)C2)cn1. The molecular formula is C19H23N3O3. The van der Waals surface area contributed by atoms with Crippen LogP contribution in [0.1, 0.15) is 36.4 Å². The zero-order chi connectivity index (χ0) is 17.6. The second-order valence-electron chi connectivity index (χ2n) is 6.43. The van der Waals surface area contributed by atoms with Gasteiger partial charge in [-0.3, -0.25) is 9.78 Å². The second kappa shape index (κ2) is 8.07. The first-order chi connectivity index (χ1) is 12.2. The van der Waals surface area contributed by atoms with Gasteiger partial charge >= 0.3 is 0 Å². The molecule has 1 aliphatic rings. The Morgan fingerprint density at radius 2 is 2.20 bits per heavy atom. The normalized spacial score (nSPS) is 20.4. The minimum Gasteiger partial charge on any atom is -0.481 e. The zero-order valence-electron chi connectivity index (χ0n) is 14.3. The fourth-order valence-electron chi connectivity index (χ4n) is 3.12. The maximum absolute atomic E-state index is 12.4. The Hall–Kier alpha value is -2.47. The summed E-state index contributed by atoms with van der Waals surface area (Å²) < 4.78 is 5.09. The van der Waals surface area contributed by atoms with Gasteiger partial charge in [0.1, 0.15) is 0 Å². The highest BCUT2D eigenvalue weighted by atomic mass is 16.5. The number of nitrogens with zero attached hydrogens (tertiary/aromatic N) is 2. The predicted molar refractivity (Wildman–Crippen MR) is 93.0 cm³/mol. The molecule has 0 aliphatic heterocycles. The number of rotatable bonds is 7. The number of amides is 1. The number of hydrogen-bond donors (Lipinski definition) is 2. The molecule has 0 spiro atoms.